The van der Waals surface area contributed by atoms with E-state index in [0.29, 0.717) is 0 Å². The van der Waals surface area contributed by atoms with Crippen LogP contribution >= 0.6 is 8.58 Å². The van der Waals surface area contributed by atoms with Gasteiger partial charge in [0.1, 0.15) is 0 Å². The van der Waals surface area contributed by atoms with Crippen molar-refractivity contribution in [1.29, 1.82) is 0 Å². The van der Waals surface area contributed by atoms with Crippen molar-refractivity contribution in [2.24, 2.45) is 0 Å². The summed E-state index contributed by atoms with van der Waals surface area (Å²) >= 11 is 0. The van der Waals surface area contributed by atoms with E-state index in [-0.39, 0.29) is 0 Å². The summed E-state index contributed by atoms with van der Waals surface area (Å²) in [5.74, 6) is 0. The number of rotatable bonds is 1. The van der Waals surface area contributed by atoms with Crippen molar-refractivity contribution >= 4 is 8.58 Å². The lowest BCUT2D eigenvalue weighted by atomic mass is 10.2. The predicted octanol–water partition coefficient (Wildman–Crippen LogP) is 1.85. The average Bonchev–Trinajstić information content (AvgIpc) is 2.22. The Morgan fingerprint density at radius 2 is 2.33 bits per heavy atom. The summed E-state index contributed by atoms with van der Waals surface area (Å²) < 4.78 is 0. The molecule has 1 aliphatic heterocycles. The van der Waals surface area contributed by atoms with Crippen LogP contribution in [0.5, 0.6) is 0 Å². The van der Waals surface area contributed by atoms with Crippen LogP contribution in [-0.2, 0) is 0 Å². The molecule has 1 unspecified atom stereocenters. The normalized spacial score (nSPS) is 47.0. The summed E-state index contributed by atoms with van der Waals surface area (Å²) in [6, 6.07) is 0. The fourth-order valence-electron chi connectivity index (χ4n) is 0.401. The zero-order chi connectivity index (χ0) is 4.62. The van der Waals surface area contributed by atoms with Gasteiger partial charge < -0.3 is 0 Å². The van der Waals surface area contributed by atoms with Crippen LogP contribution in [0.4, 0.5) is 0 Å². The van der Waals surface area contributed by atoms with Crippen LogP contribution in [0.1, 0.15) is 20.3 Å². The first-order valence-electron chi connectivity index (χ1n) is 2.52. The van der Waals surface area contributed by atoms with Crippen LogP contribution in [0.2, 0.25) is 0 Å². The molecule has 36 valence electrons. The van der Waals surface area contributed by atoms with Crippen LogP contribution in [0.15, 0.2) is 0 Å². The van der Waals surface area contributed by atoms with Crippen LogP contribution in [0, 0.1) is 0 Å². The molecule has 0 aromatic rings. The minimum atomic E-state index is 0.819. The quantitative estimate of drug-likeness (QED) is 0.443. The van der Waals surface area contributed by atoms with E-state index in [1.54, 1.807) is 0 Å². The summed E-state index contributed by atoms with van der Waals surface area (Å²) in [6.45, 7) is 4.64. The van der Waals surface area contributed by atoms with Crippen molar-refractivity contribution in [2.45, 2.75) is 25.4 Å². The molecular formula is C5H11P. The lowest BCUT2D eigenvalue weighted by molar-refractivity contribution is 0.760. The third kappa shape index (κ3) is 0.733. The monoisotopic (exact) mass is 102 g/mol. The van der Waals surface area contributed by atoms with E-state index >= 15 is 0 Å². The van der Waals surface area contributed by atoms with E-state index in [2.05, 4.69) is 13.8 Å². The number of hydrogen-bond acceptors (Lipinski definition) is 0. The first-order valence-corrected chi connectivity index (χ1v) is 3.72. The second-order valence-corrected chi connectivity index (χ2v) is 4.18. The molecule has 0 amide bonds. The Bertz CT molecular complexity index is 55.0. The topological polar surface area (TPSA) is 0 Å². The summed E-state index contributed by atoms with van der Waals surface area (Å²) in [4.78, 5) is 0. The van der Waals surface area contributed by atoms with E-state index < -0.39 is 0 Å². The molecule has 0 radical (unpaired) electrons. The van der Waals surface area contributed by atoms with Gasteiger partial charge >= 0.3 is 0 Å². The van der Waals surface area contributed by atoms with Crippen molar-refractivity contribution in [2.75, 3.05) is 6.16 Å². The Balaban J connectivity index is 2.28. The highest BCUT2D eigenvalue weighted by Crippen LogP contribution is 2.53. The molecule has 0 aliphatic carbocycles. The molecule has 1 aliphatic rings. The summed E-state index contributed by atoms with van der Waals surface area (Å²) in [7, 11) is 1.28. The third-order valence-corrected chi connectivity index (χ3v) is 3.47. The van der Waals surface area contributed by atoms with Gasteiger partial charge in [0.2, 0.25) is 0 Å². The molecule has 0 bridgehead atoms. The zero-order valence-corrected chi connectivity index (χ0v) is 5.41. The van der Waals surface area contributed by atoms with Gasteiger partial charge in [-0.1, -0.05) is 13.8 Å². The molecular weight excluding hydrogens is 91.0 g/mol. The standard InChI is InChI=1S/C5H11P/c1-3-5(2)4-6-5/h6H,3-4H2,1-2H3/t5-/m0/s1. The van der Waals surface area contributed by atoms with Gasteiger partial charge in [-0.05, 0) is 17.7 Å². The zero-order valence-electron chi connectivity index (χ0n) is 4.41. The van der Waals surface area contributed by atoms with E-state index in [1.165, 1.54) is 21.2 Å². The van der Waals surface area contributed by atoms with E-state index in [1.807, 2.05) is 0 Å². The van der Waals surface area contributed by atoms with E-state index in [0.717, 1.165) is 5.16 Å². The largest absolute Gasteiger partial charge is 0.115 e. The molecule has 0 saturated carbocycles. The van der Waals surface area contributed by atoms with Gasteiger partial charge in [-0.25, -0.2) is 0 Å². The van der Waals surface area contributed by atoms with Gasteiger partial charge in [-0.2, -0.15) is 0 Å². The Hall–Kier alpha value is 0.430. The van der Waals surface area contributed by atoms with Crippen LogP contribution in [0.25, 0.3) is 0 Å². The lowest BCUT2D eigenvalue weighted by Crippen LogP contribution is -1.95. The maximum atomic E-state index is 2.37. The highest BCUT2D eigenvalue weighted by Gasteiger charge is 2.34. The van der Waals surface area contributed by atoms with Crippen molar-refractivity contribution in [1.82, 2.24) is 0 Å². The second kappa shape index (κ2) is 1.20. The second-order valence-electron chi connectivity index (χ2n) is 2.27. The van der Waals surface area contributed by atoms with E-state index in [9.17, 15) is 0 Å². The summed E-state index contributed by atoms with van der Waals surface area (Å²) in [6.07, 6.45) is 2.90. The first kappa shape index (κ1) is 4.59. The Labute approximate surface area is 41.1 Å². The molecule has 1 rings (SSSR count). The van der Waals surface area contributed by atoms with Gasteiger partial charge in [0.25, 0.3) is 0 Å². The highest BCUT2D eigenvalue weighted by atomic mass is 31.1. The number of hydrogen-bond donors (Lipinski definition) is 0. The third-order valence-electron chi connectivity index (χ3n) is 1.56. The molecule has 0 N–H and O–H groups in total. The Kier molecular flexibility index (Phi) is 0.916. The van der Waals surface area contributed by atoms with Gasteiger partial charge in [0, 0.05) is 0 Å². The maximum absolute atomic E-state index is 2.37. The minimum absolute atomic E-state index is 0.819. The molecule has 0 spiro atoms. The summed E-state index contributed by atoms with van der Waals surface area (Å²) in [5.41, 5.74) is 0. The smallest absolute Gasteiger partial charge is 0.0116 e. The fraction of sp³-hybridized carbons (Fsp3) is 1.00. The van der Waals surface area contributed by atoms with Crippen LogP contribution < -0.4 is 0 Å². The Morgan fingerprint density at radius 1 is 1.83 bits per heavy atom. The van der Waals surface area contributed by atoms with Gasteiger partial charge in [0.15, 0.2) is 0 Å². The van der Waals surface area contributed by atoms with Gasteiger partial charge in [-0.15, -0.1) is 8.58 Å². The average molecular weight is 102 g/mol. The molecule has 2 atom stereocenters. The predicted molar refractivity (Wildman–Crippen MR) is 31.9 cm³/mol. The molecule has 1 fully saturated rings. The molecule has 6 heavy (non-hydrogen) atoms. The van der Waals surface area contributed by atoms with Crippen molar-refractivity contribution in [3.63, 3.8) is 0 Å². The maximum Gasteiger partial charge on any atom is -0.0116 e. The van der Waals surface area contributed by atoms with Crippen molar-refractivity contribution < 1.29 is 0 Å². The Morgan fingerprint density at radius 3 is 2.33 bits per heavy atom. The fourth-order valence-corrected chi connectivity index (χ4v) is 1.20. The van der Waals surface area contributed by atoms with Crippen molar-refractivity contribution in [3.8, 4) is 0 Å². The molecule has 1 saturated heterocycles. The molecule has 1 heteroatoms. The highest BCUT2D eigenvalue weighted by molar-refractivity contribution is 7.49. The molecule has 0 aromatic heterocycles. The van der Waals surface area contributed by atoms with Gasteiger partial charge in [0.05, 0.1) is 0 Å². The SMILES string of the molecule is CC[C@@]1(C)CP1. The molecule has 0 aromatic carbocycles. The molecule has 1 heterocycles. The van der Waals surface area contributed by atoms with Crippen molar-refractivity contribution in [3.05, 3.63) is 0 Å². The minimum Gasteiger partial charge on any atom is -0.115 e. The van der Waals surface area contributed by atoms with Crippen LogP contribution in [0.3, 0.4) is 0 Å². The first-order chi connectivity index (χ1) is 2.77. The lowest BCUT2D eigenvalue weighted by Gasteiger charge is -1.95. The van der Waals surface area contributed by atoms with Crippen LogP contribution in [-0.4, -0.2) is 11.3 Å². The van der Waals surface area contributed by atoms with E-state index in [4.69, 9.17) is 0 Å². The van der Waals surface area contributed by atoms with Gasteiger partial charge in [-0.3, -0.25) is 0 Å². The summed E-state index contributed by atoms with van der Waals surface area (Å²) in [5, 5.41) is 0.819. The molecule has 0 nitrogen and oxygen atoms in total.